The monoisotopic (exact) mass is 394 g/mol. The maximum absolute atomic E-state index is 12.9. The Balaban J connectivity index is 1.48. The summed E-state index contributed by atoms with van der Waals surface area (Å²) in [5.41, 5.74) is 1.46. The number of para-hydroxylation sites is 2. The molecule has 1 fully saturated rings. The number of likely N-dealkylation sites (tertiary alicyclic amines) is 1. The van der Waals surface area contributed by atoms with E-state index in [4.69, 9.17) is 14.2 Å². The second-order valence-electron chi connectivity index (χ2n) is 6.85. The Morgan fingerprint density at radius 3 is 2.93 bits per heavy atom. The van der Waals surface area contributed by atoms with E-state index in [1.165, 1.54) is 0 Å². The number of carbonyl (C=O) groups is 2. The minimum atomic E-state index is -0.541. The molecule has 2 aromatic carbocycles. The maximum Gasteiger partial charge on any atom is 0.247 e. The van der Waals surface area contributed by atoms with Crippen LogP contribution in [0.2, 0.25) is 0 Å². The Morgan fingerprint density at radius 2 is 2.07 bits per heavy atom. The van der Waals surface area contributed by atoms with Gasteiger partial charge in [-0.25, -0.2) is 0 Å². The van der Waals surface area contributed by atoms with E-state index < -0.39 is 6.04 Å². The summed E-state index contributed by atoms with van der Waals surface area (Å²) < 4.78 is 16.3. The van der Waals surface area contributed by atoms with Crippen LogP contribution in [0.4, 0.5) is 5.69 Å². The van der Waals surface area contributed by atoms with Crippen molar-refractivity contribution in [2.24, 2.45) is 0 Å². The summed E-state index contributed by atoms with van der Waals surface area (Å²) >= 11 is 0. The predicted octanol–water partition coefficient (Wildman–Crippen LogP) is 3.11. The number of hydrogen-bond donors (Lipinski definition) is 1. The number of rotatable bonds is 7. The summed E-state index contributed by atoms with van der Waals surface area (Å²) in [6.07, 6.45) is 2.46. The number of ether oxygens (including phenoxy) is 3. The van der Waals surface area contributed by atoms with Gasteiger partial charge in [0.25, 0.3) is 0 Å². The molecule has 2 aromatic rings. The van der Waals surface area contributed by atoms with Crippen molar-refractivity contribution < 1.29 is 23.8 Å². The summed E-state index contributed by atoms with van der Waals surface area (Å²) in [6.45, 7) is 4.50. The van der Waals surface area contributed by atoms with E-state index in [1.54, 1.807) is 23.1 Å². The van der Waals surface area contributed by atoms with Crippen LogP contribution in [0.5, 0.6) is 17.2 Å². The summed E-state index contributed by atoms with van der Waals surface area (Å²) in [5, 5.41) is 2.90. The van der Waals surface area contributed by atoms with Crippen LogP contribution in [0.3, 0.4) is 0 Å². The molecule has 4 rings (SSSR count). The fraction of sp³-hybridized carbons (Fsp3) is 0.273. The third-order valence-corrected chi connectivity index (χ3v) is 4.92. The van der Waals surface area contributed by atoms with E-state index in [-0.39, 0.29) is 18.6 Å². The Morgan fingerprint density at radius 1 is 1.24 bits per heavy atom. The van der Waals surface area contributed by atoms with Gasteiger partial charge in [-0.15, -0.1) is 0 Å². The molecule has 7 heteroatoms. The molecule has 29 heavy (non-hydrogen) atoms. The topological polar surface area (TPSA) is 77.1 Å². The molecule has 7 nitrogen and oxygen atoms in total. The first kappa shape index (κ1) is 18.9. The molecule has 0 aromatic heterocycles. The van der Waals surface area contributed by atoms with Gasteiger partial charge in [-0.2, -0.15) is 0 Å². The number of amides is 2. The number of carbonyl (C=O) groups excluding carboxylic acids is 2. The minimum absolute atomic E-state index is 0.0426. The Bertz CT molecular complexity index is 943. The van der Waals surface area contributed by atoms with Crippen LogP contribution in [0, 0.1) is 0 Å². The molecule has 0 bridgehead atoms. The maximum atomic E-state index is 12.9. The number of benzene rings is 2. The van der Waals surface area contributed by atoms with Gasteiger partial charge in [-0.3, -0.25) is 9.59 Å². The van der Waals surface area contributed by atoms with Gasteiger partial charge in [0, 0.05) is 13.0 Å². The van der Waals surface area contributed by atoms with Crippen LogP contribution in [0.15, 0.2) is 55.1 Å². The second kappa shape index (κ2) is 8.26. The average molecular weight is 394 g/mol. The summed E-state index contributed by atoms with van der Waals surface area (Å²) in [4.78, 5) is 27.0. The quantitative estimate of drug-likeness (QED) is 0.730. The molecule has 0 aliphatic carbocycles. The first-order valence-electron chi connectivity index (χ1n) is 9.47. The van der Waals surface area contributed by atoms with Crippen LogP contribution in [0.1, 0.15) is 18.4 Å². The molecule has 2 aliphatic heterocycles. The van der Waals surface area contributed by atoms with Gasteiger partial charge in [0.05, 0.1) is 5.69 Å². The van der Waals surface area contributed by atoms with Gasteiger partial charge >= 0.3 is 0 Å². The number of nitrogens with zero attached hydrogens (tertiary/aromatic N) is 1. The average Bonchev–Trinajstić information content (AvgIpc) is 3.34. The Hall–Kier alpha value is -3.48. The van der Waals surface area contributed by atoms with E-state index in [1.807, 2.05) is 30.3 Å². The summed E-state index contributed by atoms with van der Waals surface area (Å²) in [7, 11) is 0. The molecule has 0 spiro atoms. The molecule has 150 valence electrons. The molecular formula is C22H22N2O5. The number of fused-ring (bicyclic) bond motifs is 1. The van der Waals surface area contributed by atoms with Crippen LogP contribution >= 0.6 is 0 Å². The highest BCUT2D eigenvalue weighted by atomic mass is 16.7. The van der Waals surface area contributed by atoms with Crippen molar-refractivity contribution in [1.29, 1.82) is 0 Å². The van der Waals surface area contributed by atoms with Crippen molar-refractivity contribution in [3.05, 3.63) is 60.7 Å². The van der Waals surface area contributed by atoms with E-state index in [0.29, 0.717) is 48.9 Å². The largest absolute Gasteiger partial charge is 0.487 e. The van der Waals surface area contributed by atoms with Gasteiger partial charge in [0.2, 0.25) is 18.6 Å². The van der Waals surface area contributed by atoms with Gasteiger partial charge in [-0.05, 0) is 36.2 Å². The van der Waals surface area contributed by atoms with Crippen LogP contribution in [-0.4, -0.2) is 36.2 Å². The van der Waals surface area contributed by atoms with E-state index in [2.05, 4.69) is 11.9 Å². The molecule has 0 saturated carbocycles. The smallest absolute Gasteiger partial charge is 0.247 e. The van der Waals surface area contributed by atoms with Crippen molar-refractivity contribution in [1.82, 2.24) is 4.90 Å². The van der Waals surface area contributed by atoms with E-state index in [0.717, 1.165) is 5.56 Å². The fourth-order valence-corrected chi connectivity index (χ4v) is 3.50. The van der Waals surface area contributed by atoms with Crippen molar-refractivity contribution in [2.75, 3.05) is 18.7 Å². The molecule has 2 heterocycles. The molecular weight excluding hydrogens is 372 g/mol. The lowest BCUT2D eigenvalue weighted by molar-refractivity contribution is -0.133. The lowest BCUT2D eigenvalue weighted by Gasteiger charge is -2.24. The highest BCUT2D eigenvalue weighted by Crippen LogP contribution is 2.34. The third kappa shape index (κ3) is 4.03. The van der Waals surface area contributed by atoms with Crippen molar-refractivity contribution in [3.8, 4) is 17.2 Å². The summed E-state index contributed by atoms with van der Waals surface area (Å²) in [6, 6.07) is 12.2. The van der Waals surface area contributed by atoms with Crippen LogP contribution in [-0.2, 0) is 16.1 Å². The van der Waals surface area contributed by atoms with Gasteiger partial charge in [-0.1, -0.05) is 30.9 Å². The van der Waals surface area contributed by atoms with Crippen molar-refractivity contribution >= 4 is 17.5 Å². The number of anilines is 1. The molecule has 1 unspecified atom stereocenters. The minimum Gasteiger partial charge on any atom is -0.487 e. The molecule has 2 aliphatic rings. The third-order valence-electron chi connectivity index (χ3n) is 4.92. The van der Waals surface area contributed by atoms with Crippen LogP contribution < -0.4 is 19.5 Å². The van der Waals surface area contributed by atoms with Crippen molar-refractivity contribution in [2.45, 2.75) is 25.4 Å². The molecule has 1 atom stereocenters. The normalized spacial score (nSPS) is 17.3. The Labute approximate surface area is 168 Å². The zero-order valence-electron chi connectivity index (χ0n) is 15.9. The lowest BCUT2D eigenvalue weighted by atomic mass is 10.1. The Kier molecular flexibility index (Phi) is 5.37. The predicted molar refractivity (Wildman–Crippen MR) is 107 cm³/mol. The standard InChI is InChI=1S/C22H22N2O5/c1-2-11-27-18-6-4-3-5-16(18)23-22(26)17-8-10-21(25)24(17)13-15-7-9-19-20(12-15)29-14-28-19/h2-7,9,12,17H,1,8,10-11,13-14H2,(H,23,26). The lowest BCUT2D eigenvalue weighted by Crippen LogP contribution is -2.41. The zero-order valence-corrected chi connectivity index (χ0v) is 15.9. The first-order valence-corrected chi connectivity index (χ1v) is 9.47. The van der Waals surface area contributed by atoms with E-state index in [9.17, 15) is 9.59 Å². The van der Waals surface area contributed by atoms with Gasteiger partial charge < -0.3 is 24.4 Å². The molecule has 1 saturated heterocycles. The number of hydrogen-bond acceptors (Lipinski definition) is 5. The second-order valence-corrected chi connectivity index (χ2v) is 6.85. The summed E-state index contributed by atoms with van der Waals surface area (Å²) in [5.74, 6) is 1.63. The number of nitrogens with one attached hydrogen (secondary N) is 1. The molecule has 2 amide bonds. The SMILES string of the molecule is C=CCOc1ccccc1NC(=O)C1CCC(=O)N1Cc1ccc2c(c1)OCO2. The zero-order chi connectivity index (χ0) is 20.2. The van der Waals surface area contributed by atoms with Crippen molar-refractivity contribution in [3.63, 3.8) is 0 Å². The van der Waals surface area contributed by atoms with Gasteiger partial charge in [0.1, 0.15) is 18.4 Å². The highest BCUT2D eigenvalue weighted by Gasteiger charge is 2.36. The van der Waals surface area contributed by atoms with Crippen LogP contribution in [0.25, 0.3) is 0 Å². The first-order chi connectivity index (χ1) is 14.2. The molecule has 1 N–H and O–H groups in total. The molecule has 0 radical (unpaired) electrons. The highest BCUT2D eigenvalue weighted by molar-refractivity contribution is 5.99. The van der Waals surface area contributed by atoms with Gasteiger partial charge in [0.15, 0.2) is 11.5 Å². The fourth-order valence-electron chi connectivity index (χ4n) is 3.50. The van der Waals surface area contributed by atoms with E-state index >= 15 is 0 Å².